The molecular formula is C11H16N4O2. The molecule has 1 fully saturated rings. The Kier molecular flexibility index (Phi) is 3.21. The van der Waals surface area contributed by atoms with Crippen LogP contribution in [-0.4, -0.2) is 39.3 Å². The first kappa shape index (κ1) is 11.8. The van der Waals surface area contributed by atoms with Crippen molar-refractivity contribution in [3.8, 4) is 0 Å². The van der Waals surface area contributed by atoms with Gasteiger partial charge in [-0.3, -0.25) is 4.79 Å². The summed E-state index contributed by atoms with van der Waals surface area (Å²) in [7, 11) is 0. The van der Waals surface area contributed by atoms with E-state index in [2.05, 4.69) is 15.2 Å². The maximum Gasteiger partial charge on any atom is 0.310 e. The van der Waals surface area contributed by atoms with Crippen LogP contribution in [0, 0.1) is 5.92 Å². The van der Waals surface area contributed by atoms with Crippen LogP contribution in [0.2, 0.25) is 0 Å². The smallest absolute Gasteiger partial charge is 0.310 e. The first-order valence-corrected chi connectivity index (χ1v) is 5.85. The zero-order chi connectivity index (χ0) is 12.4. The van der Waals surface area contributed by atoms with Gasteiger partial charge in [-0.25, -0.2) is 4.98 Å². The molecule has 0 bridgehead atoms. The lowest BCUT2D eigenvalue weighted by Gasteiger charge is -2.36. The summed E-state index contributed by atoms with van der Waals surface area (Å²) in [5, 5.41) is 17.0. The van der Waals surface area contributed by atoms with Gasteiger partial charge in [-0.15, -0.1) is 5.10 Å². The molecule has 92 valence electrons. The summed E-state index contributed by atoms with van der Waals surface area (Å²) in [6.07, 6.45) is 1.64. The number of hydrogen-bond acceptors (Lipinski definition) is 5. The highest BCUT2D eigenvalue weighted by Crippen LogP contribution is 2.21. The van der Waals surface area contributed by atoms with Gasteiger partial charge in [0.05, 0.1) is 17.3 Å². The molecule has 0 atom stereocenters. The Bertz CT molecular complexity index is 429. The number of aryl methyl sites for hydroxylation is 2. The van der Waals surface area contributed by atoms with E-state index in [1.54, 1.807) is 0 Å². The fourth-order valence-electron chi connectivity index (χ4n) is 1.86. The molecule has 0 unspecified atom stereocenters. The van der Waals surface area contributed by atoms with E-state index in [1.807, 2.05) is 18.7 Å². The molecule has 0 saturated carbocycles. The Morgan fingerprint density at radius 3 is 2.47 bits per heavy atom. The number of carbonyl (C=O) groups is 1. The van der Waals surface area contributed by atoms with Gasteiger partial charge in [0, 0.05) is 13.1 Å². The average Bonchev–Trinajstić information content (AvgIpc) is 2.26. The standard InChI is InChI=1S/C11H16N4O2/c1-3-8-9(4-2)13-14-11(12-8)15-5-7(6-15)10(16)17/h7H,3-6H2,1-2H3,(H,16,17). The molecule has 1 aliphatic heterocycles. The van der Waals surface area contributed by atoms with Gasteiger partial charge in [-0.05, 0) is 12.8 Å². The lowest BCUT2D eigenvalue weighted by Crippen LogP contribution is -2.51. The quantitative estimate of drug-likeness (QED) is 0.821. The van der Waals surface area contributed by atoms with Gasteiger partial charge in [-0.2, -0.15) is 5.10 Å². The van der Waals surface area contributed by atoms with Crippen molar-refractivity contribution in [2.45, 2.75) is 26.7 Å². The maximum atomic E-state index is 10.7. The van der Waals surface area contributed by atoms with Crippen LogP contribution in [0.3, 0.4) is 0 Å². The molecule has 0 radical (unpaired) electrons. The summed E-state index contributed by atoms with van der Waals surface area (Å²) in [5.41, 5.74) is 1.88. The second-order valence-corrected chi connectivity index (χ2v) is 4.15. The highest BCUT2D eigenvalue weighted by atomic mass is 16.4. The summed E-state index contributed by atoms with van der Waals surface area (Å²) < 4.78 is 0. The highest BCUT2D eigenvalue weighted by Gasteiger charge is 2.34. The van der Waals surface area contributed by atoms with Crippen molar-refractivity contribution in [3.05, 3.63) is 11.4 Å². The average molecular weight is 236 g/mol. The monoisotopic (exact) mass is 236 g/mol. The Morgan fingerprint density at radius 1 is 1.29 bits per heavy atom. The van der Waals surface area contributed by atoms with Gasteiger partial charge in [-0.1, -0.05) is 13.8 Å². The summed E-state index contributed by atoms with van der Waals surface area (Å²) in [5.74, 6) is -0.499. The van der Waals surface area contributed by atoms with Crippen LogP contribution in [0.4, 0.5) is 5.95 Å². The Balaban J connectivity index is 2.11. The molecule has 0 spiro atoms. The highest BCUT2D eigenvalue weighted by molar-refractivity contribution is 5.73. The SMILES string of the molecule is CCc1nnc(N2CC(C(=O)O)C2)nc1CC. The second-order valence-electron chi connectivity index (χ2n) is 4.15. The molecule has 0 aromatic carbocycles. The topological polar surface area (TPSA) is 79.2 Å². The lowest BCUT2D eigenvalue weighted by molar-refractivity contribution is -0.142. The van der Waals surface area contributed by atoms with Crippen molar-refractivity contribution in [1.29, 1.82) is 0 Å². The Labute approximate surface area is 99.7 Å². The first-order chi connectivity index (χ1) is 8.15. The number of carboxylic acids is 1. The van der Waals surface area contributed by atoms with E-state index in [9.17, 15) is 4.79 Å². The molecule has 17 heavy (non-hydrogen) atoms. The van der Waals surface area contributed by atoms with E-state index in [-0.39, 0.29) is 5.92 Å². The van der Waals surface area contributed by atoms with Crippen LogP contribution in [0.1, 0.15) is 25.2 Å². The molecule has 1 aromatic heterocycles. The van der Waals surface area contributed by atoms with Gasteiger partial charge in [0.15, 0.2) is 0 Å². The molecule has 1 aromatic rings. The molecule has 1 saturated heterocycles. The van der Waals surface area contributed by atoms with Crippen LogP contribution >= 0.6 is 0 Å². The van der Waals surface area contributed by atoms with Crippen molar-refractivity contribution in [2.24, 2.45) is 5.92 Å². The van der Waals surface area contributed by atoms with Crippen molar-refractivity contribution in [3.63, 3.8) is 0 Å². The molecular weight excluding hydrogens is 220 g/mol. The number of aliphatic carboxylic acids is 1. The molecule has 6 heteroatoms. The molecule has 1 N–H and O–H groups in total. The van der Waals surface area contributed by atoms with Crippen molar-refractivity contribution < 1.29 is 9.90 Å². The number of carboxylic acid groups (broad SMARTS) is 1. The maximum absolute atomic E-state index is 10.7. The number of hydrogen-bond donors (Lipinski definition) is 1. The number of aromatic nitrogens is 3. The van der Waals surface area contributed by atoms with Crippen molar-refractivity contribution >= 4 is 11.9 Å². The molecule has 2 rings (SSSR count). The second kappa shape index (κ2) is 4.65. The molecule has 1 aliphatic rings. The van der Waals surface area contributed by atoms with Crippen LogP contribution in [0.5, 0.6) is 0 Å². The number of anilines is 1. The normalized spacial score (nSPS) is 15.8. The Hall–Kier alpha value is -1.72. The van der Waals surface area contributed by atoms with Gasteiger partial charge >= 0.3 is 5.97 Å². The van der Waals surface area contributed by atoms with Gasteiger partial charge in [0.2, 0.25) is 5.95 Å². The van der Waals surface area contributed by atoms with Crippen LogP contribution < -0.4 is 4.90 Å². The number of rotatable bonds is 4. The largest absolute Gasteiger partial charge is 0.481 e. The fraction of sp³-hybridized carbons (Fsp3) is 0.636. The Morgan fingerprint density at radius 2 is 1.94 bits per heavy atom. The minimum atomic E-state index is -0.755. The molecule has 2 heterocycles. The van der Waals surface area contributed by atoms with E-state index in [1.165, 1.54) is 0 Å². The molecule has 0 aliphatic carbocycles. The third-order valence-electron chi connectivity index (χ3n) is 3.01. The minimum Gasteiger partial charge on any atom is -0.481 e. The van der Waals surface area contributed by atoms with E-state index in [4.69, 9.17) is 5.11 Å². The summed E-state index contributed by atoms with van der Waals surface area (Å²) in [4.78, 5) is 17.0. The minimum absolute atomic E-state index is 0.297. The van der Waals surface area contributed by atoms with Gasteiger partial charge in [0.25, 0.3) is 0 Å². The van der Waals surface area contributed by atoms with Crippen molar-refractivity contribution in [2.75, 3.05) is 18.0 Å². The van der Waals surface area contributed by atoms with E-state index >= 15 is 0 Å². The molecule has 0 amide bonds. The third-order valence-corrected chi connectivity index (χ3v) is 3.01. The van der Waals surface area contributed by atoms with Crippen LogP contribution in [-0.2, 0) is 17.6 Å². The van der Waals surface area contributed by atoms with E-state index in [0.717, 1.165) is 24.2 Å². The molecule has 6 nitrogen and oxygen atoms in total. The predicted octanol–water partition coefficient (Wildman–Crippen LogP) is 0.517. The van der Waals surface area contributed by atoms with Gasteiger partial charge < -0.3 is 10.0 Å². The summed E-state index contributed by atoms with van der Waals surface area (Å²) in [6, 6.07) is 0. The lowest BCUT2D eigenvalue weighted by atomic mass is 10.0. The van der Waals surface area contributed by atoms with E-state index < -0.39 is 5.97 Å². The fourth-order valence-corrected chi connectivity index (χ4v) is 1.86. The summed E-state index contributed by atoms with van der Waals surface area (Å²) >= 11 is 0. The number of nitrogens with zero attached hydrogens (tertiary/aromatic N) is 4. The zero-order valence-electron chi connectivity index (χ0n) is 10.1. The van der Waals surface area contributed by atoms with Gasteiger partial charge in [0.1, 0.15) is 0 Å². The van der Waals surface area contributed by atoms with Crippen LogP contribution in [0.25, 0.3) is 0 Å². The zero-order valence-corrected chi connectivity index (χ0v) is 10.1. The predicted molar refractivity (Wildman–Crippen MR) is 61.9 cm³/mol. The van der Waals surface area contributed by atoms with Crippen LogP contribution in [0.15, 0.2) is 0 Å². The summed E-state index contributed by atoms with van der Waals surface area (Å²) in [6.45, 7) is 5.01. The first-order valence-electron chi connectivity index (χ1n) is 5.85. The van der Waals surface area contributed by atoms with E-state index in [0.29, 0.717) is 19.0 Å². The van der Waals surface area contributed by atoms with Crippen molar-refractivity contribution in [1.82, 2.24) is 15.2 Å². The third kappa shape index (κ3) is 2.20.